The number of rotatable bonds is 5. The third kappa shape index (κ3) is 5.07. The summed E-state index contributed by atoms with van der Waals surface area (Å²) in [7, 11) is 0. The van der Waals surface area contributed by atoms with Crippen molar-refractivity contribution in [1.82, 2.24) is 10.2 Å². The van der Waals surface area contributed by atoms with E-state index < -0.39 is 0 Å². The molecule has 1 aliphatic rings. The van der Waals surface area contributed by atoms with E-state index in [4.69, 9.17) is 11.6 Å². The monoisotopic (exact) mass is 356 g/mol. The fourth-order valence-corrected chi connectivity index (χ4v) is 3.52. The van der Waals surface area contributed by atoms with Crippen LogP contribution in [-0.4, -0.2) is 23.9 Å². The fraction of sp³-hybridized carbons (Fsp3) is 0.381. The minimum Gasteiger partial charge on any atom is -0.352 e. The van der Waals surface area contributed by atoms with E-state index in [1.54, 1.807) is 0 Å². The Hall–Kier alpha value is -1.84. The molecule has 0 aromatic heterocycles. The Bertz CT molecular complexity index is 714. The summed E-state index contributed by atoms with van der Waals surface area (Å²) in [5.41, 5.74) is 3.50. The van der Waals surface area contributed by atoms with Gasteiger partial charge in [-0.25, -0.2) is 0 Å². The van der Waals surface area contributed by atoms with Crippen LogP contribution in [0.5, 0.6) is 0 Å². The molecule has 2 aromatic rings. The minimum atomic E-state index is 0.0571. The first-order valence-corrected chi connectivity index (χ1v) is 9.28. The number of carbonyl (C=O) groups excluding carboxylic acids is 1. The molecule has 0 aliphatic carbocycles. The zero-order valence-corrected chi connectivity index (χ0v) is 15.4. The van der Waals surface area contributed by atoms with Crippen molar-refractivity contribution in [3.63, 3.8) is 0 Å². The molecule has 0 bridgehead atoms. The van der Waals surface area contributed by atoms with E-state index in [0.717, 1.165) is 48.6 Å². The number of nitrogens with one attached hydrogen (secondary N) is 1. The maximum atomic E-state index is 12.5. The normalized spacial score (nSPS) is 18.1. The molecular formula is C21H25ClN2O. The van der Waals surface area contributed by atoms with Crippen molar-refractivity contribution < 1.29 is 4.79 Å². The van der Waals surface area contributed by atoms with E-state index in [9.17, 15) is 4.79 Å². The Labute approximate surface area is 155 Å². The highest BCUT2D eigenvalue weighted by Crippen LogP contribution is 2.22. The van der Waals surface area contributed by atoms with Crippen molar-refractivity contribution in [2.24, 2.45) is 5.92 Å². The molecule has 1 amide bonds. The number of benzene rings is 2. The maximum absolute atomic E-state index is 12.5. The molecule has 3 rings (SSSR count). The molecular weight excluding hydrogens is 332 g/mol. The van der Waals surface area contributed by atoms with E-state index in [-0.39, 0.29) is 11.8 Å². The minimum absolute atomic E-state index is 0.0571. The smallest absolute Gasteiger partial charge is 0.224 e. The van der Waals surface area contributed by atoms with Gasteiger partial charge < -0.3 is 5.32 Å². The summed E-state index contributed by atoms with van der Waals surface area (Å²) in [6.07, 6.45) is 2.01. The molecule has 4 heteroatoms. The Morgan fingerprint density at radius 1 is 1.20 bits per heavy atom. The van der Waals surface area contributed by atoms with Gasteiger partial charge in [0.2, 0.25) is 5.91 Å². The van der Waals surface area contributed by atoms with Crippen LogP contribution in [-0.2, 0) is 17.9 Å². The van der Waals surface area contributed by atoms with Gasteiger partial charge in [-0.1, -0.05) is 59.6 Å². The Morgan fingerprint density at radius 3 is 2.72 bits per heavy atom. The molecule has 1 N–H and O–H groups in total. The summed E-state index contributed by atoms with van der Waals surface area (Å²) in [5, 5.41) is 3.89. The number of aryl methyl sites for hydroxylation is 1. The van der Waals surface area contributed by atoms with Crippen LogP contribution in [0.15, 0.2) is 48.5 Å². The van der Waals surface area contributed by atoms with Crippen LogP contribution in [0.2, 0.25) is 5.02 Å². The van der Waals surface area contributed by atoms with Crippen LogP contribution in [0.25, 0.3) is 0 Å². The number of likely N-dealkylation sites (tertiary alicyclic amines) is 1. The Morgan fingerprint density at radius 2 is 1.96 bits per heavy atom. The van der Waals surface area contributed by atoms with Crippen molar-refractivity contribution in [2.75, 3.05) is 13.1 Å². The van der Waals surface area contributed by atoms with Crippen molar-refractivity contribution in [3.8, 4) is 0 Å². The van der Waals surface area contributed by atoms with E-state index in [1.165, 1.54) is 5.56 Å². The van der Waals surface area contributed by atoms with Crippen LogP contribution in [0, 0.1) is 12.8 Å². The summed E-state index contributed by atoms with van der Waals surface area (Å²) in [4.78, 5) is 14.9. The second-order valence-electron chi connectivity index (χ2n) is 6.87. The summed E-state index contributed by atoms with van der Waals surface area (Å²) < 4.78 is 0. The largest absolute Gasteiger partial charge is 0.352 e. The molecule has 1 saturated heterocycles. The van der Waals surface area contributed by atoms with Crippen LogP contribution < -0.4 is 5.32 Å². The summed E-state index contributed by atoms with van der Waals surface area (Å²) in [5.74, 6) is 0.214. The fourth-order valence-electron chi connectivity index (χ4n) is 3.32. The van der Waals surface area contributed by atoms with E-state index in [0.29, 0.717) is 6.54 Å². The predicted octanol–water partition coefficient (Wildman–Crippen LogP) is 4.18. The SMILES string of the molecule is Cc1ccc(CNC(=O)[C@H]2CCCN(Cc3ccccc3Cl)C2)cc1. The highest BCUT2D eigenvalue weighted by molar-refractivity contribution is 6.31. The third-order valence-electron chi connectivity index (χ3n) is 4.82. The first-order valence-electron chi connectivity index (χ1n) is 8.91. The second-order valence-corrected chi connectivity index (χ2v) is 7.28. The molecule has 25 heavy (non-hydrogen) atoms. The first-order chi connectivity index (χ1) is 12.1. The van der Waals surface area contributed by atoms with Gasteiger partial charge in [0, 0.05) is 24.7 Å². The van der Waals surface area contributed by atoms with E-state index >= 15 is 0 Å². The van der Waals surface area contributed by atoms with Crippen molar-refractivity contribution in [3.05, 3.63) is 70.2 Å². The average Bonchev–Trinajstić information content (AvgIpc) is 2.63. The lowest BCUT2D eigenvalue weighted by molar-refractivity contribution is -0.126. The molecule has 132 valence electrons. The topological polar surface area (TPSA) is 32.3 Å². The van der Waals surface area contributed by atoms with Gasteiger partial charge in [0.15, 0.2) is 0 Å². The number of carbonyl (C=O) groups is 1. The van der Waals surface area contributed by atoms with Gasteiger partial charge in [-0.15, -0.1) is 0 Å². The van der Waals surface area contributed by atoms with Gasteiger partial charge in [-0.05, 0) is 43.5 Å². The van der Waals surface area contributed by atoms with E-state index in [1.807, 2.05) is 18.2 Å². The second kappa shape index (κ2) is 8.50. The van der Waals surface area contributed by atoms with Crippen LogP contribution in [0.4, 0.5) is 0 Å². The molecule has 1 heterocycles. The molecule has 0 saturated carbocycles. The number of piperidine rings is 1. The number of halogens is 1. The molecule has 2 aromatic carbocycles. The van der Waals surface area contributed by atoms with Gasteiger partial charge in [0.25, 0.3) is 0 Å². The first kappa shape index (κ1) is 18.0. The van der Waals surface area contributed by atoms with E-state index in [2.05, 4.69) is 47.5 Å². The molecule has 0 unspecified atom stereocenters. The Kier molecular flexibility index (Phi) is 6.11. The molecule has 1 fully saturated rings. The number of hydrogen-bond acceptors (Lipinski definition) is 2. The average molecular weight is 357 g/mol. The number of amides is 1. The zero-order chi connectivity index (χ0) is 17.6. The zero-order valence-electron chi connectivity index (χ0n) is 14.7. The van der Waals surface area contributed by atoms with Crippen LogP contribution in [0.1, 0.15) is 29.5 Å². The quantitative estimate of drug-likeness (QED) is 0.871. The van der Waals surface area contributed by atoms with Crippen LogP contribution in [0.3, 0.4) is 0 Å². The standard InChI is InChI=1S/C21H25ClN2O/c1-16-8-10-17(11-9-16)13-23-21(25)19-6-4-12-24(15-19)14-18-5-2-3-7-20(18)22/h2-3,5,7-11,19H,4,6,12-15H2,1H3,(H,23,25)/t19-/m0/s1. The van der Waals surface area contributed by atoms with Crippen molar-refractivity contribution in [2.45, 2.75) is 32.9 Å². The van der Waals surface area contributed by atoms with Gasteiger partial charge in [-0.3, -0.25) is 9.69 Å². The predicted molar refractivity (Wildman–Crippen MR) is 102 cm³/mol. The molecule has 0 spiro atoms. The summed E-state index contributed by atoms with van der Waals surface area (Å²) in [6.45, 7) is 5.29. The highest BCUT2D eigenvalue weighted by Gasteiger charge is 2.25. The van der Waals surface area contributed by atoms with Crippen molar-refractivity contribution >= 4 is 17.5 Å². The van der Waals surface area contributed by atoms with Gasteiger partial charge in [-0.2, -0.15) is 0 Å². The number of hydrogen-bond donors (Lipinski definition) is 1. The third-order valence-corrected chi connectivity index (χ3v) is 5.18. The lowest BCUT2D eigenvalue weighted by atomic mass is 9.96. The van der Waals surface area contributed by atoms with Gasteiger partial charge >= 0.3 is 0 Å². The molecule has 1 aliphatic heterocycles. The molecule has 1 atom stereocenters. The molecule has 0 radical (unpaired) electrons. The number of nitrogens with zero attached hydrogens (tertiary/aromatic N) is 1. The lowest BCUT2D eigenvalue weighted by Gasteiger charge is -2.32. The van der Waals surface area contributed by atoms with Crippen LogP contribution >= 0.6 is 11.6 Å². The molecule has 3 nitrogen and oxygen atoms in total. The maximum Gasteiger partial charge on any atom is 0.224 e. The highest BCUT2D eigenvalue weighted by atomic mass is 35.5. The summed E-state index contributed by atoms with van der Waals surface area (Å²) in [6, 6.07) is 16.2. The van der Waals surface area contributed by atoms with Crippen molar-refractivity contribution in [1.29, 1.82) is 0 Å². The van der Waals surface area contributed by atoms with Gasteiger partial charge in [0.05, 0.1) is 5.92 Å². The van der Waals surface area contributed by atoms with Gasteiger partial charge in [0.1, 0.15) is 0 Å². The Balaban J connectivity index is 1.52. The summed E-state index contributed by atoms with van der Waals surface area (Å²) >= 11 is 6.27. The lowest BCUT2D eigenvalue weighted by Crippen LogP contribution is -2.42.